The number of aromatic nitrogens is 2. The molecule has 0 atom stereocenters. The average molecular weight is 277 g/mol. The van der Waals surface area contributed by atoms with E-state index < -0.39 is 5.54 Å². The first kappa shape index (κ1) is 14.6. The van der Waals surface area contributed by atoms with Gasteiger partial charge in [-0.15, -0.1) is 0 Å². The number of nitrogens with zero attached hydrogens (tertiary/aromatic N) is 4. The fourth-order valence-electron chi connectivity index (χ4n) is 2.70. The number of carbonyl (C=O) groups is 1. The summed E-state index contributed by atoms with van der Waals surface area (Å²) < 4.78 is 0. The lowest BCUT2D eigenvalue weighted by Gasteiger charge is -2.46. The van der Waals surface area contributed by atoms with Gasteiger partial charge in [-0.1, -0.05) is 0 Å². The fourth-order valence-corrected chi connectivity index (χ4v) is 2.70. The zero-order chi connectivity index (χ0) is 15.1. The molecule has 0 bridgehead atoms. The topological polar surface area (TPSA) is 61.4 Å². The lowest BCUT2D eigenvalue weighted by atomic mass is 9.97. The largest absolute Gasteiger partial charge is 0.373 e. The van der Waals surface area contributed by atoms with Crippen LogP contribution in [0.4, 0.5) is 11.6 Å². The standard InChI is InChI=1S/C14H23N5O/c1-9-11(15-5)16-10(2)17-12(9)19-8-7-18(6)13(20)14(19,3)4/h7-8H2,1-6H3,(H,15,16,17). The number of hydrogen-bond acceptors (Lipinski definition) is 5. The number of rotatable bonds is 2. The van der Waals surface area contributed by atoms with Crippen molar-refractivity contribution < 1.29 is 4.79 Å². The van der Waals surface area contributed by atoms with Gasteiger partial charge in [0.15, 0.2) is 0 Å². The number of aryl methyl sites for hydroxylation is 1. The number of piperazine rings is 1. The van der Waals surface area contributed by atoms with Crippen molar-refractivity contribution >= 4 is 17.5 Å². The molecule has 0 saturated carbocycles. The quantitative estimate of drug-likeness (QED) is 0.880. The molecule has 1 aromatic rings. The van der Waals surface area contributed by atoms with Gasteiger partial charge < -0.3 is 15.1 Å². The van der Waals surface area contributed by atoms with Crippen LogP contribution in [0.1, 0.15) is 25.2 Å². The molecule has 2 heterocycles. The summed E-state index contributed by atoms with van der Waals surface area (Å²) in [5, 5.41) is 3.09. The third-order valence-corrected chi connectivity index (χ3v) is 3.93. The van der Waals surface area contributed by atoms with Gasteiger partial charge in [-0.2, -0.15) is 0 Å². The summed E-state index contributed by atoms with van der Waals surface area (Å²) in [6.45, 7) is 9.23. The normalized spacial score (nSPS) is 18.4. The van der Waals surface area contributed by atoms with Crippen LogP contribution in [0.3, 0.4) is 0 Å². The Morgan fingerprint density at radius 3 is 2.45 bits per heavy atom. The summed E-state index contributed by atoms with van der Waals surface area (Å²) in [5.41, 5.74) is 0.382. The van der Waals surface area contributed by atoms with E-state index in [-0.39, 0.29) is 5.91 Å². The minimum Gasteiger partial charge on any atom is -0.373 e. The summed E-state index contributed by atoms with van der Waals surface area (Å²) in [4.78, 5) is 25.2. The maximum atomic E-state index is 12.4. The molecule has 1 saturated heterocycles. The molecule has 110 valence electrons. The van der Waals surface area contributed by atoms with Crippen molar-refractivity contribution in [2.75, 3.05) is 37.4 Å². The summed E-state index contributed by atoms with van der Waals surface area (Å²) in [6.07, 6.45) is 0. The second-order valence-corrected chi connectivity index (χ2v) is 5.76. The SMILES string of the molecule is CNc1nc(C)nc(N2CCN(C)C(=O)C2(C)C)c1C. The van der Waals surface area contributed by atoms with E-state index in [2.05, 4.69) is 20.2 Å². The third kappa shape index (κ3) is 2.19. The highest BCUT2D eigenvalue weighted by molar-refractivity contribution is 5.90. The van der Waals surface area contributed by atoms with Gasteiger partial charge in [-0.3, -0.25) is 4.79 Å². The maximum Gasteiger partial charge on any atom is 0.247 e. The van der Waals surface area contributed by atoms with Gasteiger partial charge in [-0.05, 0) is 27.7 Å². The number of anilines is 2. The molecule has 0 aliphatic carbocycles. The van der Waals surface area contributed by atoms with Crippen LogP contribution in [-0.4, -0.2) is 53.5 Å². The first-order chi connectivity index (χ1) is 9.28. The van der Waals surface area contributed by atoms with Crippen LogP contribution in [0, 0.1) is 13.8 Å². The summed E-state index contributed by atoms with van der Waals surface area (Å²) in [5.74, 6) is 2.48. The Balaban J connectivity index is 2.51. The van der Waals surface area contributed by atoms with Crippen LogP contribution in [-0.2, 0) is 4.79 Å². The molecule has 6 heteroatoms. The Kier molecular flexibility index (Phi) is 3.58. The second kappa shape index (κ2) is 4.92. The summed E-state index contributed by atoms with van der Waals surface area (Å²) in [7, 11) is 3.69. The van der Waals surface area contributed by atoms with E-state index in [9.17, 15) is 4.79 Å². The van der Waals surface area contributed by atoms with Gasteiger partial charge in [0.1, 0.15) is 23.0 Å². The highest BCUT2D eigenvalue weighted by Gasteiger charge is 2.42. The molecule has 0 unspecified atom stereocenters. The fraction of sp³-hybridized carbons (Fsp3) is 0.643. The van der Waals surface area contributed by atoms with Crippen LogP contribution >= 0.6 is 0 Å². The van der Waals surface area contributed by atoms with Crippen LogP contribution in [0.2, 0.25) is 0 Å². The monoisotopic (exact) mass is 277 g/mol. The highest BCUT2D eigenvalue weighted by atomic mass is 16.2. The molecule has 6 nitrogen and oxygen atoms in total. The molecular formula is C14H23N5O. The zero-order valence-corrected chi connectivity index (χ0v) is 13.1. The van der Waals surface area contributed by atoms with Crippen molar-refractivity contribution in [2.45, 2.75) is 33.2 Å². The van der Waals surface area contributed by atoms with Gasteiger partial charge in [0.05, 0.1) is 0 Å². The molecule has 1 aromatic heterocycles. The second-order valence-electron chi connectivity index (χ2n) is 5.76. The lowest BCUT2D eigenvalue weighted by molar-refractivity contribution is -0.136. The smallest absolute Gasteiger partial charge is 0.247 e. The van der Waals surface area contributed by atoms with Crippen molar-refractivity contribution in [3.8, 4) is 0 Å². The number of likely N-dealkylation sites (N-methyl/N-ethyl adjacent to an activating group) is 1. The van der Waals surface area contributed by atoms with Gasteiger partial charge in [0.2, 0.25) is 5.91 Å². The first-order valence-corrected chi connectivity index (χ1v) is 6.85. The van der Waals surface area contributed by atoms with E-state index >= 15 is 0 Å². The summed E-state index contributed by atoms with van der Waals surface area (Å²) >= 11 is 0. The minimum atomic E-state index is -0.594. The predicted molar refractivity (Wildman–Crippen MR) is 80.1 cm³/mol. The van der Waals surface area contributed by atoms with E-state index in [1.165, 1.54) is 0 Å². The summed E-state index contributed by atoms with van der Waals surface area (Å²) in [6, 6.07) is 0. The number of amides is 1. The molecule has 0 radical (unpaired) electrons. The van der Waals surface area contributed by atoms with Crippen LogP contribution in [0.15, 0.2) is 0 Å². The molecule has 0 spiro atoms. The van der Waals surface area contributed by atoms with E-state index in [4.69, 9.17) is 0 Å². The number of carbonyl (C=O) groups excluding carboxylic acids is 1. The van der Waals surface area contributed by atoms with E-state index in [1.54, 1.807) is 4.90 Å². The van der Waals surface area contributed by atoms with Crippen molar-refractivity contribution in [1.82, 2.24) is 14.9 Å². The first-order valence-electron chi connectivity index (χ1n) is 6.85. The lowest BCUT2D eigenvalue weighted by Crippen LogP contribution is -2.62. The van der Waals surface area contributed by atoms with Crippen LogP contribution in [0.5, 0.6) is 0 Å². The molecule has 1 fully saturated rings. The van der Waals surface area contributed by atoms with Gasteiger partial charge in [0, 0.05) is 32.7 Å². The Morgan fingerprint density at radius 1 is 1.20 bits per heavy atom. The Morgan fingerprint density at radius 2 is 1.85 bits per heavy atom. The molecule has 1 aliphatic rings. The Hall–Kier alpha value is -1.85. The van der Waals surface area contributed by atoms with Crippen molar-refractivity contribution in [3.63, 3.8) is 0 Å². The van der Waals surface area contributed by atoms with E-state index in [0.717, 1.165) is 23.7 Å². The van der Waals surface area contributed by atoms with Gasteiger partial charge >= 0.3 is 0 Å². The van der Waals surface area contributed by atoms with Crippen molar-refractivity contribution in [3.05, 3.63) is 11.4 Å². The molecular weight excluding hydrogens is 254 g/mol. The van der Waals surface area contributed by atoms with Crippen LogP contribution < -0.4 is 10.2 Å². The predicted octanol–water partition coefficient (Wildman–Crippen LogP) is 1.19. The molecule has 20 heavy (non-hydrogen) atoms. The molecule has 0 aromatic carbocycles. The third-order valence-electron chi connectivity index (χ3n) is 3.93. The van der Waals surface area contributed by atoms with E-state index in [0.29, 0.717) is 12.4 Å². The maximum absolute atomic E-state index is 12.4. The van der Waals surface area contributed by atoms with Crippen LogP contribution in [0.25, 0.3) is 0 Å². The highest BCUT2D eigenvalue weighted by Crippen LogP contribution is 2.31. The molecule has 1 N–H and O–H groups in total. The zero-order valence-electron chi connectivity index (χ0n) is 13.1. The number of nitrogens with one attached hydrogen (secondary N) is 1. The van der Waals surface area contributed by atoms with Gasteiger partial charge in [0.25, 0.3) is 0 Å². The van der Waals surface area contributed by atoms with Gasteiger partial charge in [-0.25, -0.2) is 9.97 Å². The van der Waals surface area contributed by atoms with Crippen molar-refractivity contribution in [2.24, 2.45) is 0 Å². The number of hydrogen-bond donors (Lipinski definition) is 1. The molecule has 1 amide bonds. The minimum absolute atomic E-state index is 0.116. The Labute approximate surface area is 120 Å². The molecule has 2 rings (SSSR count). The van der Waals surface area contributed by atoms with Crippen molar-refractivity contribution in [1.29, 1.82) is 0 Å². The average Bonchev–Trinajstić information content (AvgIpc) is 2.39. The van der Waals surface area contributed by atoms with E-state index in [1.807, 2.05) is 41.8 Å². The molecule has 1 aliphatic heterocycles. The Bertz CT molecular complexity index is 541.